The van der Waals surface area contributed by atoms with Gasteiger partial charge in [0.25, 0.3) is 0 Å². The number of benzene rings is 2. The molecule has 0 aliphatic carbocycles. The van der Waals surface area contributed by atoms with Gasteiger partial charge in [0.1, 0.15) is 0 Å². The van der Waals surface area contributed by atoms with E-state index < -0.39 is 37.5 Å². The zero-order chi connectivity index (χ0) is 38.6. The van der Waals surface area contributed by atoms with Crippen molar-refractivity contribution in [3.05, 3.63) is 64.2 Å². The molecule has 50 heavy (non-hydrogen) atoms. The lowest BCUT2D eigenvalue weighted by atomic mass is 9.89. The summed E-state index contributed by atoms with van der Waals surface area (Å²) in [7, 11) is -9.23. The lowest BCUT2D eigenvalue weighted by molar-refractivity contribution is -0.140. The van der Waals surface area contributed by atoms with Crippen molar-refractivity contribution in [2.75, 3.05) is 32.8 Å². The van der Waals surface area contributed by atoms with Crippen molar-refractivity contribution in [3.63, 3.8) is 0 Å². The van der Waals surface area contributed by atoms with Crippen LogP contribution in [-0.4, -0.2) is 96.7 Å². The Balaban J connectivity index is 0.000000640. The molecule has 0 radical (unpaired) electrons. The molecule has 1 atom stereocenters. The summed E-state index contributed by atoms with van der Waals surface area (Å²) in [6.45, 7) is 17.1. The lowest BCUT2D eigenvalue weighted by Crippen LogP contribution is -2.56. The third kappa shape index (κ3) is 12.5. The largest absolute Gasteiger partial charge is 0.479 e. The lowest BCUT2D eigenvalue weighted by Gasteiger charge is -2.30. The predicted molar refractivity (Wildman–Crippen MR) is 189 cm³/mol. The van der Waals surface area contributed by atoms with Crippen LogP contribution < -0.4 is 16.8 Å². The molecule has 1 amide bonds. The van der Waals surface area contributed by atoms with Crippen molar-refractivity contribution in [1.29, 1.82) is 0 Å². The summed E-state index contributed by atoms with van der Waals surface area (Å²) in [6.07, 6.45) is -0.688. The number of hydrogen-bond acceptors (Lipinski definition) is 11. The van der Waals surface area contributed by atoms with Crippen LogP contribution in [-0.2, 0) is 36.2 Å². The van der Waals surface area contributed by atoms with E-state index in [0.29, 0.717) is 28.9 Å². The van der Waals surface area contributed by atoms with E-state index in [0.717, 1.165) is 31.7 Å². The number of nitrogens with two attached hydrogens (primary N) is 2. The van der Waals surface area contributed by atoms with E-state index in [4.69, 9.17) is 38.9 Å². The highest BCUT2D eigenvalue weighted by atomic mass is 32.3. The van der Waals surface area contributed by atoms with Gasteiger partial charge in [-0.05, 0) is 53.0 Å². The smallest absolute Gasteiger partial charge is 0.409 e. The highest BCUT2D eigenvalue weighted by molar-refractivity contribution is 7.93. The summed E-state index contributed by atoms with van der Waals surface area (Å²) in [5.41, 5.74) is 14.7. The van der Waals surface area contributed by atoms with Crippen molar-refractivity contribution in [2.24, 2.45) is 16.6 Å². The fourth-order valence-electron chi connectivity index (χ4n) is 4.93. The fourth-order valence-corrected chi connectivity index (χ4v) is 7.09. The molecule has 2 aromatic carbocycles. The molecule has 16 nitrogen and oxygen atoms in total. The second kappa shape index (κ2) is 19.0. The molecular weight excluding hydrogens is 695 g/mol. The standard InChI is InChI=1S/C25H35N3O5S.C7H14N2O2.H2O4S/c1-14(2)19-11-20(15(3)4)22(21(12-19)16(5)6)34(32,33)25(27,24(29)30)13-17-8-7-9-18(10-17)23(26)28-31;1-2-11-7(10)9-5-3-8-4-6-9;1-5(2,3)4/h7-12,14-16,31H,13,27H2,1-6H3,(H2,26,28)(H,29,30);8H,2-6H2,1H3;(H2,1,2,3,4). The minimum Gasteiger partial charge on any atom is -0.479 e. The zero-order valence-electron chi connectivity index (χ0n) is 29.5. The van der Waals surface area contributed by atoms with Crippen molar-refractivity contribution in [2.45, 2.75) is 82.4 Å². The van der Waals surface area contributed by atoms with E-state index in [-0.39, 0.29) is 34.6 Å². The van der Waals surface area contributed by atoms with Crippen LogP contribution in [0.15, 0.2) is 46.4 Å². The predicted octanol–water partition coefficient (Wildman–Crippen LogP) is 3.30. The van der Waals surface area contributed by atoms with Crippen LogP contribution in [0.5, 0.6) is 0 Å². The number of piperazine rings is 1. The Kier molecular flexibility index (Phi) is 16.8. The third-order valence-electron chi connectivity index (χ3n) is 7.63. The molecule has 9 N–H and O–H groups in total. The number of oxime groups is 1. The van der Waals surface area contributed by atoms with E-state index in [2.05, 4.69) is 10.5 Å². The molecule has 18 heteroatoms. The summed E-state index contributed by atoms with van der Waals surface area (Å²) in [4.78, 5) is 22.6. The molecule has 0 aromatic heterocycles. The molecule has 0 bridgehead atoms. The van der Waals surface area contributed by atoms with Crippen LogP contribution in [0.3, 0.4) is 0 Å². The van der Waals surface area contributed by atoms with Gasteiger partial charge >= 0.3 is 22.5 Å². The Bertz CT molecular complexity index is 1670. The molecule has 1 unspecified atom stereocenters. The third-order valence-corrected chi connectivity index (χ3v) is 9.92. The van der Waals surface area contributed by atoms with Crippen LogP contribution in [0, 0.1) is 0 Å². The van der Waals surface area contributed by atoms with E-state index in [1.54, 1.807) is 23.1 Å². The fraction of sp³-hybridized carbons (Fsp3) is 0.531. The van der Waals surface area contributed by atoms with E-state index >= 15 is 0 Å². The van der Waals surface area contributed by atoms with Gasteiger partial charge in [-0.1, -0.05) is 77.0 Å². The van der Waals surface area contributed by atoms with Gasteiger partial charge in [-0.15, -0.1) is 0 Å². The first-order chi connectivity index (χ1) is 23.0. The molecule has 1 saturated heterocycles. The number of carbonyl (C=O) groups is 2. The number of ether oxygens (including phenoxy) is 1. The molecule has 282 valence electrons. The van der Waals surface area contributed by atoms with Gasteiger partial charge in [0, 0.05) is 38.2 Å². The van der Waals surface area contributed by atoms with Crippen molar-refractivity contribution < 1.29 is 50.6 Å². The highest BCUT2D eigenvalue weighted by Crippen LogP contribution is 2.39. The van der Waals surface area contributed by atoms with Gasteiger partial charge < -0.3 is 36.7 Å². The van der Waals surface area contributed by atoms with Gasteiger partial charge in [-0.2, -0.15) is 8.42 Å². The second-order valence-corrected chi connectivity index (χ2v) is 15.5. The monoisotopic (exact) mass is 745 g/mol. The first kappa shape index (κ1) is 44.2. The number of amidine groups is 1. The summed E-state index contributed by atoms with van der Waals surface area (Å²) in [5.74, 6) is -2.03. The van der Waals surface area contributed by atoms with Gasteiger partial charge in [-0.3, -0.25) is 9.11 Å². The molecule has 1 heterocycles. The van der Waals surface area contributed by atoms with Gasteiger partial charge in [0.15, 0.2) is 5.84 Å². The van der Waals surface area contributed by atoms with E-state index in [9.17, 15) is 23.1 Å². The van der Waals surface area contributed by atoms with Crippen LogP contribution in [0.4, 0.5) is 4.79 Å². The molecule has 2 aromatic rings. The summed E-state index contributed by atoms with van der Waals surface area (Å²) < 4.78 is 64.6. The first-order valence-electron chi connectivity index (χ1n) is 15.8. The molecule has 3 rings (SSSR count). The highest BCUT2D eigenvalue weighted by Gasteiger charge is 2.50. The Hall–Kier alpha value is -3.81. The Morgan fingerprint density at radius 2 is 1.46 bits per heavy atom. The molecule has 1 aliphatic heterocycles. The van der Waals surface area contributed by atoms with Gasteiger partial charge in [0.2, 0.25) is 14.7 Å². The Labute approximate surface area is 294 Å². The van der Waals surface area contributed by atoms with Gasteiger partial charge in [0.05, 0.1) is 11.5 Å². The van der Waals surface area contributed by atoms with Crippen LogP contribution in [0.2, 0.25) is 0 Å². The topological polar surface area (TPSA) is 272 Å². The molecular formula is C32H51N5O11S2. The summed E-state index contributed by atoms with van der Waals surface area (Å²) >= 11 is 0. The number of sulfone groups is 1. The van der Waals surface area contributed by atoms with E-state index in [1.165, 1.54) is 6.07 Å². The van der Waals surface area contributed by atoms with Crippen LogP contribution in [0.25, 0.3) is 0 Å². The number of hydrogen-bond donors (Lipinski definition) is 7. The first-order valence-corrected chi connectivity index (χ1v) is 18.7. The molecule has 1 fully saturated rings. The average molecular weight is 746 g/mol. The number of nitrogens with one attached hydrogen (secondary N) is 1. The number of rotatable bonds is 10. The maximum atomic E-state index is 14.1. The number of nitrogens with zero attached hydrogens (tertiary/aromatic N) is 2. The number of aliphatic carboxylic acids is 1. The van der Waals surface area contributed by atoms with Gasteiger partial charge in [-0.25, -0.2) is 18.0 Å². The summed E-state index contributed by atoms with van der Waals surface area (Å²) in [6, 6.07) is 9.83. The molecule has 1 aliphatic rings. The molecule has 0 saturated carbocycles. The zero-order valence-corrected chi connectivity index (χ0v) is 31.1. The Morgan fingerprint density at radius 3 is 1.86 bits per heavy atom. The number of carboxylic acid groups (broad SMARTS) is 1. The van der Waals surface area contributed by atoms with E-state index in [1.807, 2.05) is 60.6 Å². The minimum atomic E-state index is -4.67. The Morgan fingerprint density at radius 1 is 0.960 bits per heavy atom. The SMILES string of the molecule is CC(C)c1cc(C(C)C)c(S(=O)(=O)C(N)(Cc2cccc(C(N)=NO)c2)C(=O)O)c(C(C)C)c1.CCOC(=O)N1CCNCC1.O=S(=O)(O)O. The van der Waals surface area contributed by atoms with Crippen molar-refractivity contribution in [1.82, 2.24) is 10.2 Å². The van der Waals surface area contributed by atoms with Crippen molar-refractivity contribution >= 4 is 38.1 Å². The van der Waals surface area contributed by atoms with Crippen LogP contribution >= 0.6 is 0 Å². The number of carboxylic acids is 1. The maximum Gasteiger partial charge on any atom is 0.409 e. The molecule has 0 spiro atoms. The quantitative estimate of drug-likeness (QED) is 0.0605. The number of carbonyl (C=O) groups excluding carboxylic acids is 1. The van der Waals surface area contributed by atoms with Crippen molar-refractivity contribution in [3.8, 4) is 0 Å². The van der Waals surface area contributed by atoms with Crippen LogP contribution in [0.1, 0.15) is 94.0 Å². The maximum absolute atomic E-state index is 14.1. The normalized spacial score (nSPS) is 15.1. The summed E-state index contributed by atoms with van der Waals surface area (Å²) in [5, 5.41) is 25.2. The average Bonchev–Trinajstić information content (AvgIpc) is 3.03. The second-order valence-electron chi connectivity index (χ2n) is 12.4. The number of amides is 1. The minimum absolute atomic E-state index is 0.0145.